The van der Waals surface area contributed by atoms with E-state index in [1.807, 2.05) is 0 Å². The van der Waals surface area contributed by atoms with Crippen molar-refractivity contribution in [3.63, 3.8) is 0 Å². The van der Waals surface area contributed by atoms with Crippen LogP contribution in [0.5, 0.6) is 0 Å². The van der Waals surface area contributed by atoms with Crippen molar-refractivity contribution in [3.8, 4) is 0 Å². The molecule has 0 radical (unpaired) electrons. The summed E-state index contributed by atoms with van der Waals surface area (Å²) in [4.78, 5) is 24.4. The molecule has 0 atom stereocenters. The Bertz CT molecular complexity index is 766. The highest BCUT2D eigenvalue weighted by Crippen LogP contribution is 2.34. The minimum absolute atomic E-state index is 0.0128. The van der Waals surface area contributed by atoms with Crippen LogP contribution in [-0.4, -0.2) is 28.9 Å². The van der Waals surface area contributed by atoms with E-state index in [9.17, 15) is 28.1 Å². The van der Waals surface area contributed by atoms with Gasteiger partial charge in [-0.25, -0.2) is 0 Å². The molecule has 132 valence electrons. The normalized spacial score (nSPS) is 11.0. The van der Waals surface area contributed by atoms with Gasteiger partial charge in [-0.3, -0.25) is 4.79 Å². The Morgan fingerprint density at radius 1 is 1.12 bits per heavy atom. The van der Waals surface area contributed by atoms with Gasteiger partial charge in [0.15, 0.2) is 0 Å². The highest BCUT2D eigenvalue weighted by molar-refractivity contribution is 5.94. The molecule has 1 heterocycles. The van der Waals surface area contributed by atoms with Crippen molar-refractivity contribution in [2.24, 2.45) is 0 Å². The van der Waals surface area contributed by atoms with Crippen LogP contribution in [-0.2, 0) is 6.18 Å². The third-order valence-electron chi connectivity index (χ3n) is 3.10. The molecular weight excluding hydrogens is 341 g/mol. The summed E-state index contributed by atoms with van der Waals surface area (Å²) in [5, 5.41) is 15.6. The summed E-state index contributed by atoms with van der Waals surface area (Å²) >= 11 is 0. The molecular formula is C15H13F3N4O3. The number of amides is 1. The van der Waals surface area contributed by atoms with Crippen molar-refractivity contribution in [3.05, 3.63) is 63.8 Å². The zero-order chi connectivity index (χ0) is 18.4. The second kappa shape index (κ2) is 7.60. The Kier molecular flexibility index (Phi) is 5.52. The number of rotatable bonds is 6. The monoisotopic (exact) mass is 354 g/mol. The molecule has 2 aromatic rings. The van der Waals surface area contributed by atoms with Gasteiger partial charge >= 0.3 is 12.0 Å². The van der Waals surface area contributed by atoms with Crippen LogP contribution in [0, 0.1) is 10.1 Å². The standard InChI is InChI=1S/C15H13F3N4O3/c16-15(17,18)13-11(6-7-12(21-13)22(24)25)19-8-9-20-14(23)10-4-2-1-3-5-10/h1-7,19H,8-9H2,(H,20,23). The molecule has 7 nitrogen and oxygen atoms in total. The van der Waals surface area contributed by atoms with E-state index >= 15 is 0 Å². The summed E-state index contributed by atoms with van der Waals surface area (Å²) in [7, 11) is 0. The molecule has 0 aliphatic carbocycles. The van der Waals surface area contributed by atoms with Gasteiger partial charge in [0.1, 0.15) is 0 Å². The molecule has 25 heavy (non-hydrogen) atoms. The Labute approximate surface area is 140 Å². The van der Waals surface area contributed by atoms with Crippen molar-refractivity contribution in [2.45, 2.75) is 6.18 Å². The molecule has 0 bridgehead atoms. The van der Waals surface area contributed by atoms with Gasteiger partial charge in [0.2, 0.25) is 0 Å². The van der Waals surface area contributed by atoms with Gasteiger partial charge in [-0.05, 0) is 28.1 Å². The van der Waals surface area contributed by atoms with Crippen molar-refractivity contribution in [2.75, 3.05) is 18.4 Å². The Morgan fingerprint density at radius 3 is 2.40 bits per heavy atom. The number of pyridine rings is 1. The maximum atomic E-state index is 13.0. The Balaban J connectivity index is 1.98. The molecule has 0 fully saturated rings. The molecule has 1 aromatic carbocycles. The lowest BCUT2D eigenvalue weighted by Crippen LogP contribution is -2.29. The zero-order valence-corrected chi connectivity index (χ0v) is 12.7. The van der Waals surface area contributed by atoms with Gasteiger partial charge in [0.25, 0.3) is 11.6 Å². The number of hydrogen-bond donors (Lipinski definition) is 2. The first-order chi connectivity index (χ1) is 11.8. The van der Waals surface area contributed by atoms with Gasteiger partial charge in [-0.15, -0.1) is 0 Å². The van der Waals surface area contributed by atoms with Gasteiger partial charge in [0, 0.05) is 24.7 Å². The predicted molar refractivity (Wildman–Crippen MR) is 83.2 cm³/mol. The van der Waals surface area contributed by atoms with E-state index < -0.39 is 28.3 Å². The third kappa shape index (κ3) is 4.90. The Morgan fingerprint density at radius 2 is 1.80 bits per heavy atom. The van der Waals surface area contributed by atoms with E-state index in [0.717, 1.165) is 12.1 Å². The van der Waals surface area contributed by atoms with Gasteiger partial charge in [0.05, 0.1) is 5.69 Å². The van der Waals surface area contributed by atoms with Gasteiger partial charge in [-0.2, -0.15) is 13.2 Å². The molecule has 0 saturated carbocycles. The van der Waals surface area contributed by atoms with Crippen LogP contribution in [0.4, 0.5) is 24.7 Å². The zero-order valence-electron chi connectivity index (χ0n) is 12.7. The lowest BCUT2D eigenvalue weighted by molar-refractivity contribution is -0.390. The lowest BCUT2D eigenvalue weighted by atomic mass is 10.2. The summed E-state index contributed by atoms with van der Waals surface area (Å²) in [5.41, 5.74) is -1.35. The molecule has 0 aliphatic rings. The molecule has 0 spiro atoms. The molecule has 0 unspecified atom stereocenters. The van der Waals surface area contributed by atoms with Crippen LogP contribution >= 0.6 is 0 Å². The molecule has 2 rings (SSSR count). The molecule has 0 aliphatic heterocycles. The minimum Gasteiger partial charge on any atom is -0.380 e. The van der Waals surface area contributed by atoms with E-state index in [0.29, 0.717) is 5.56 Å². The van der Waals surface area contributed by atoms with Gasteiger partial charge in [-0.1, -0.05) is 18.2 Å². The molecule has 0 saturated heterocycles. The number of benzene rings is 1. The first kappa shape index (κ1) is 18.2. The van der Waals surface area contributed by atoms with E-state index in [-0.39, 0.29) is 19.0 Å². The van der Waals surface area contributed by atoms with Crippen LogP contribution in [0.2, 0.25) is 0 Å². The van der Waals surface area contributed by atoms with Crippen LogP contribution in [0.25, 0.3) is 0 Å². The largest absolute Gasteiger partial charge is 0.460 e. The number of anilines is 1. The van der Waals surface area contributed by atoms with Crippen LogP contribution < -0.4 is 10.6 Å². The molecule has 1 aromatic heterocycles. The predicted octanol–water partition coefficient (Wildman–Crippen LogP) is 2.85. The number of nitrogens with one attached hydrogen (secondary N) is 2. The average molecular weight is 354 g/mol. The quantitative estimate of drug-likeness (QED) is 0.472. The SMILES string of the molecule is O=C(NCCNc1ccc([N+](=O)[O-])nc1C(F)(F)F)c1ccccc1. The van der Waals surface area contributed by atoms with Crippen molar-refractivity contribution in [1.82, 2.24) is 10.3 Å². The number of nitrogens with zero attached hydrogens (tertiary/aromatic N) is 2. The summed E-state index contributed by atoms with van der Waals surface area (Å²) in [5.74, 6) is -1.25. The lowest BCUT2D eigenvalue weighted by Gasteiger charge is -2.11. The maximum Gasteiger partial charge on any atom is 0.460 e. The fourth-order valence-electron chi connectivity index (χ4n) is 1.97. The first-order valence-corrected chi connectivity index (χ1v) is 7.09. The third-order valence-corrected chi connectivity index (χ3v) is 3.10. The molecule has 1 amide bonds. The number of hydrogen-bond acceptors (Lipinski definition) is 5. The van der Waals surface area contributed by atoms with Crippen LogP contribution in [0.15, 0.2) is 42.5 Å². The Hall–Kier alpha value is -3.17. The fraction of sp³-hybridized carbons (Fsp3) is 0.200. The average Bonchev–Trinajstić information content (AvgIpc) is 2.58. The number of carbonyl (C=O) groups excluding carboxylic acids is 1. The first-order valence-electron chi connectivity index (χ1n) is 7.09. The number of halogens is 3. The number of carbonyl (C=O) groups is 1. The maximum absolute atomic E-state index is 13.0. The minimum atomic E-state index is -4.85. The van der Waals surface area contributed by atoms with E-state index in [1.54, 1.807) is 30.3 Å². The second-order valence-corrected chi connectivity index (χ2v) is 4.87. The topological polar surface area (TPSA) is 97.2 Å². The van der Waals surface area contributed by atoms with Crippen molar-refractivity contribution in [1.29, 1.82) is 0 Å². The summed E-state index contributed by atoms with van der Waals surface area (Å²) < 4.78 is 38.9. The highest BCUT2D eigenvalue weighted by Gasteiger charge is 2.41. The van der Waals surface area contributed by atoms with Crippen LogP contribution in [0.1, 0.15) is 16.1 Å². The van der Waals surface area contributed by atoms with Crippen molar-refractivity contribution < 1.29 is 22.9 Å². The summed E-state index contributed by atoms with van der Waals surface area (Å²) in [6, 6.07) is 10.1. The summed E-state index contributed by atoms with van der Waals surface area (Å²) in [6.45, 7) is 0.0448. The number of aromatic nitrogens is 1. The van der Waals surface area contributed by atoms with Gasteiger partial charge < -0.3 is 20.7 Å². The highest BCUT2D eigenvalue weighted by atomic mass is 19.4. The number of alkyl halides is 3. The second-order valence-electron chi connectivity index (χ2n) is 4.87. The van der Waals surface area contributed by atoms with E-state index in [4.69, 9.17) is 0 Å². The van der Waals surface area contributed by atoms with Crippen LogP contribution in [0.3, 0.4) is 0 Å². The fourth-order valence-corrected chi connectivity index (χ4v) is 1.97. The van der Waals surface area contributed by atoms with E-state index in [2.05, 4.69) is 15.6 Å². The molecule has 2 N–H and O–H groups in total. The smallest absolute Gasteiger partial charge is 0.380 e. The van der Waals surface area contributed by atoms with Crippen molar-refractivity contribution >= 4 is 17.4 Å². The summed E-state index contributed by atoms with van der Waals surface area (Å²) in [6.07, 6.45) is -4.85. The number of nitro groups is 1. The van der Waals surface area contributed by atoms with E-state index in [1.165, 1.54) is 0 Å². The molecule has 10 heteroatoms.